The topological polar surface area (TPSA) is 80.1 Å². The van der Waals surface area contributed by atoms with Crippen LogP contribution in [0.15, 0.2) is 54.0 Å². The lowest BCUT2D eigenvalue weighted by Gasteiger charge is -2.53. The van der Waals surface area contributed by atoms with Crippen molar-refractivity contribution in [2.45, 2.75) is 44.7 Å². The molecule has 166 valence electrons. The minimum Gasteiger partial charge on any atom is -0.347 e. The largest absolute Gasteiger partial charge is 0.347 e. The predicted molar refractivity (Wildman–Crippen MR) is 122 cm³/mol. The van der Waals surface area contributed by atoms with Crippen molar-refractivity contribution in [2.24, 2.45) is 5.41 Å². The first-order valence-electron chi connectivity index (χ1n) is 11.2. The molecule has 1 unspecified atom stereocenters. The van der Waals surface area contributed by atoms with Gasteiger partial charge in [-0.05, 0) is 48.1 Å². The first-order valence-corrected chi connectivity index (χ1v) is 12.1. The maximum absolute atomic E-state index is 12.6. The number of hydrogen-bond donors (Lipinski definition) is 1. The molecule has 1 atom stereocenters. The first-order chi connectivity index (χ1) is 15.6. The lowest BCUT2D eigenvalue weighted by atomic mass is 9.59. The summed E-state index contributed by atoms with van der Waals surface area (Å²) in [5, 5.41) is 13.4. The lowest BCUT2D eigenvalue weighted by molar-refractivity contribution is -0.135. The van der Waals surface area contributed by atoms with Crippen molar-refractivity contribution in [3.63, 3.8) is 0 Å². The number of thiophene rings is 1. The zero-order valence-electron chi connectivity index (χ0n) is 17.9. The molecule has 1 aliphatic heterocycles. The summed E-state index contributed by atoms with van der Waals surface area (Å²) in [6.45, 7) is 2.05. The molecule has 1 spiro atoms. The van der Waals surface area contributed by atoms with Crippen LogP contribution < -0.4 is 5.32 Å². The van der Waals surface area contributed by atoms with Gasteiger partial charge in [0, 0.05) is 24.5 Å². The fraction of sp³-hybridized carbons (Fsp3) is 0.417. The van der Waals surface area contributed by atoms with Crippen LogP contribution in [0.2, 0.25) is 0 Å². The van der Waals surface area contributed by atoms with Crippen LogP contribution >= 0.6 is 11.3 Å². The van der Waals surface area contributed by atoms with Crippen LogP contribution in [0.3, 0.4) is 0 Å². The highest BCUT2D eigenvalue weighted by Gasteiger charge is 2.50. The molecule has 5 rings (SSSR count). The third kappa shape index (κ3) is 4.19. The number of rotatable bonds is 6. The highest BCUT2D eigenvalue weighted by molar-refractivity contribution is 7.10. The third-order valence-electron chi connectivity index (χ3n) is 7.00. The summed E-state index contributed by atoms with van der Waals surface area (Å²) >= 11 is 1.64. The molecule has 1 saturated heterocycles. The molecule has 0 bridgehead atoms. The Hall–Kier alpha value is -3.00. The Kier molecular flexibility index (Phi) is 5.78. The van der Waals surface area contributed by atoms with Gasteiger partial charge in [0.15, 0.2) is 5.69 Å². The van der Waals surface area contributed by atoms with Crippen LogP contribution in [0, 0.1) is 5.41 Å². The fourth-order valence-electron chi connectivity index (χ4n) is 4.96. The van der Waals surface area contributed by atoms with Crippen LogP contribution in [0.25, 0.3) is 0 Å². The number of nitrogens with zero attached hydrogens (tertiary/aromatic N) is 4. The van der Waals surface area contributed by atoms with Crippen molar-refractivity contribution >= 4 is 23.2 Å². The van der Waals surface area contributed by atoms with E-state index in [1.165, 1.54) is 0 Å². The van der Waals surface area contributed by atoms with E-state index in [9.17, 15) is 9.59 Å². The van der Waals surface area contributed by atoms with Crippen molar-refractivity contribution in [3.05, 3.63) is 70.2 Å². The predicted octanol–water partition coefficient (Wildman–Crippen LogP) is 3.46. The molecule has 2 amide bonds. The molecule has 1 N–H and O–H groups in total. The van der Waals surface area contributed by atoms with Gasteiger partial charge in [0.05, 0.1) is 18.7 Å². The molecule has 2 aliphatic rings. The second-order valence-corrected chi connectivity index (χ2v) is 9.84. The summed E-state index contributed by atoms with van der Waals surface area (Å²) in [6.07, 6.45) is 6.41. The summed E-state index contributed by atoms with van der Waals surface area (Å²) in [4.78, 5) is 28.3. The van der Waals surface area contributed by atoms with Crippen molar-refractivity contribution in [2.75, 3.05) is 13.1 Å². The summed E-state index contributed by atoms with van der Waals surface area (Å²) in [5.41, 5.74) is 1.56. The van der Waals surface area contributed by atoms with Crippen molar-refractivity contribution in [1.82, 2.24) is 25.2 Å². The van der Waals surface area contributed by atoms with Crippen molar-refractivity contribution < 1.29 is 9.59 Å². The molecule has 1 saturated carbocycles. The van der Waals surface area contributed by atoms with Crippen LogP contribution in [-0.4, -0.2) is 44.8 Å². The van der Waals surface area contributed by atoms with E-state index in [1.54, 1.807) is 17.5 Å². The average Bonchev–Trinajstić information content (AvgIpc) is 3.50. The number of hydrogen-bond acceptors (Lipinski definition) is 5. The molecule has 3 aromatic rings. The van der Waals surface area contributed by atoms with Gasteiger partial charge in [-0.2, -0.15) is 0 Å². The van der Waals surface area contributed by atoms with Crippen molar-refractivity contribution in [1.29, 1.82) is 0 Å². The SMILES string of the molecule is O=C(NCc1ccccc1)c1cn(C2CCC23CCN(C(=O)Cc2cccs2)CC3)nn1. The number of aromatic nitrogens is 3. The molecular weight excluding hydrogens is 422 g/mol. The molecule has 0 radical (unpaired) electrons. The molecule has 3 heterocycles. The minimum absolute atomic E-state index is 0.158. The molecule has 2 aromatic heterocycles. The Morgan fingerprint density at radius 2 is 1.91 bits per heavy atom. The molecule has 8 heteroatoms. The van der Waals surface area contributed by atoms with Crippen molar-refractivity contribution in [3.8, 4) is 0 Å². The first kappa shape index (κ1) is 20.9. The van der Waals surface area contributed by atoms with E-state index in [2.05, 4.69) is 15.6 Å². The summed E-state index contributed by atoms with van der Waals surface area (Å²) < 4.78 is 1.88. The number of piperidine rings is 1. The van der Waals surface area contributed by atoms with Gasteiger partial charge < -0.3 is 10.2 Å². The molecule has 7 nitrogen and oxygen atoms in total. The summed E-state index contributed by atoms with van der Waals surface area (Å²) in [7, 11) is 0. The highest BCUT2D eigenvalue weighted by atomic mass is 32.1. The lowest BCUT2D eigenvalue weighted by Crippen LogP contribution is -2.51. The van der Waals surface area contributed by atoms with Gasteiger partial charge in [0.2, 0.25) is 5.91 Å². The molecule has 2 fully saturated rings. The highest BCUT2D eigenvalue weighted by Crippen LogP contribution is 2.56. The molecule has 1 aliphatic carbocycles. The van der Waals surface area contributed by atoms with E-state index in [1.807, 2.05) is 57.4 Å². The van der Waals surface area contributed by atoms with E-state index >= 15 is 0 Å². The maximum Gasteiger partial charge on any atom is 0.273 e. The minimum atomic E-state index is -0.206. The van der Waals surface area contributed by atoms with Crippen LogP contribution in [-0.2, 0) is 17.8 Å². The number of carbonyl (C=O) groups excluding carboxylic acids is 2. The van der Waals surface area contributed by atoms with E-state index in [0.717, 1.165) is 49.2 Å². The zero-order valence-corrected chi connectivity index (χ0v) is 18.8. The Bertz CT molecular complexity index is 1070. The van der Waals surface area contributed by atoms with Crippen LogP contribution in [0.4, 0.5) is 0 Å². The Labute approximate surface area is 191 Å². The van der Waals surface area contributed by atoms with Gasteiger partial charge in [-0.15, -0.1) is 16.4 Å². The average molecular weight is 450 g/mol. The normalized spacial score (nSPS) is 19.5. The van der Waals surface area contributed by atoms with Gasteiger partial charge in [0.25, 0.3) is 5.91 Å². The third-order valence-corrected chi connectivity index (χ3v) is 7.87. The number of likely N-dealkylation sites (tertiary alicyclic amines) is 1. The summed E-state index contributed by atoms with van der Waals surface area (Å²) in [5.74, 6) is 0.0128. The van der Waals surface area contributed by atoms with E-state index in [-0.39, 0.29) is 23.3 Å². The van der Waals surface area contributed by atoms with Gasteiger partial charge in [0.1, 0.15) is 0 Å². The van der Waals surface area contributed by atoms with E-state index in [4.69, 9.17) is 0 Å². The molecule has 32 heavy (non-hydrogen) atoms. The Balaban J connectivity index is 1.17. The second-order valence-electron chi connectivity index (χ2n) is 8.81. The van der Waals surface area contributed by atoms with Gasteiger partial charge in [-0.1, -0.05) is 41.6 Å². The van der Waals surface area contributed by atoms with Crippen LogP contribution in [0.1, 0.15) is 52.7 Å². The zero-order chi connectivity index (χ0) is 22.0. The standard InChI is InChI=1S/C24H27N5O2S/c30-22(15-19-7-4-14-32-19)28-12-10-24(11-13-28)9-8-21(24)29-17-20(26-27-29)23(31)25-16-18-5-2-1-3-6-18/h1-7,14,17,21H,8-13,15-16H2,(H,25,31). The van der Waals surface area contributed by atoms with Crippen LogP contribution in [0.5, 0.6) is 0 Å². The smallest absolute Gasteiger partial charge is 0.273 e. The Morgan fingerprint density at radius 1 is 1.09 bits per heavy atom. The molecular formula is C24H27N5O2S. The fourth-order valence-corrected chi connectivity index (χ4v) is 5.65. The van der Waals surface area contributed by atoms with E-state index < -0.39 is 0 Å². The number of carbonyl (C=O) groups is 2. The Morgan fingerprint density at radius 3 is 2.59 bits per heavy atom. The van der Waals surface area contributed by atoms with Gasteiger partial charge in [-0.25, -0.2) is 4.68 Å². The molecule has 1 aromatic carbocycles. The second kappa shape index (κ2) is 8.86. The summed E-state index contributed by atoms with van der Waals surface area (Å²) in [6, 6.07) is 14.1. The number of nitrogens with one attached hydrogen (secondary N) is 1. The maximum atomic E-state index is 12.6. The number of benzene rings is 1. The van der Waals surface area contributed by atoms with Gasteiger partial charge >= 0.3 is 0 Å². The van der Waals surface area contributed by atoms with Gasteiger partial charge in [-0.3, -0.25) is 9.59 Å². The van der Waals surface area contributed by atoms with E-state index in [0.29, 0.717) is 18.7 Å². The monoisotopic (exact) mass is 449 g/mol. The number of amides is 2. The quantitative estimate of drug-likeness (QED) is 0.625.